The first-order chi connectivity index (χ1) is 12.3. The maximum atomic E-state index is 12.1. The largest absolute Gasteiger partial charge is 0.352 e. The number of rotatable bonds is 8. The number of sulfonamides is 1. The van der Waals surface area contributed by atoms with E-state index in [1.165, 1.54) is 4.31 Å². The zero-order chi connectivity index (χ0) is 19.2. The summed E-state index contributed by atoms with van der Waals surface area (Å²) < 4.78 is 25.4. The minimum atomic E-state index is -3.41. The molecule has 1 N–H and O–H groups in total. The quantitative estimate of drug-likeness (QED) is 0.748. The second-order valence-corrected chi connectivity index (χ2v) is 8.60. The highest BCUT2D eigenvalue weighted by Crippen LogP contribution is 2.13. The smallest absolute Gasteiger partial charge is 0.221 e. The maximum Gasteiger partial charge on any atom is 0.221 e. The molecule has 0 saturated carbocycles. The third-order valence-corrected chi connectivity index (χ3v) is 5.57. The average Bonchev–Trinajstić information content (AvgIpc) is 2.58. The molecule has 0 aliphatic rings. The molecule has 26 heavy (non-hydrogen) atoms. The van der Waals surface area contributed by atoms with Crippen molar-refractivity contribution in [1.29, 1.82) is 0 Å². The van der Waals surface area contributed by atoms with Crippen LogP contribution in [0.25, 0.3) is 0 Å². The molecule has 5 nitrogen and oxygen atoms in total. The Balaban J connectivity index is 1.91. The Morgan fingerprint density at radius 3 is 2.38 bits per heavy atom. The molecule has 0 unspecified atom stereocenters. The van der Waals surface area contributed by atoms with Gasteiger partial charge in [-0.15, -0.1) is 0 Å². The van der Waals surface area contributed by atoms with Gasteiger partial charge in [0.1, 0.15) is 0 Å². The van der Waals surface area contributed by atoms with Gasteiger partial charge in [-0.25, -0.2) is 8.42 Å². The molecule has 0 aliphatic heterocycles. The Morgan fingerprint density at radius 2 is 1.77 bits per heavy atom. The zero-order valence-corrected chi connectivity index (χ0v) is 16.5. The summed E-state index contributed by atoms with van der Waals surface area (Å²) in [6.45, 7) is 2.72. The highest BCUT2D eigenvalue weighted by molar-refractivity contribution is 7.88. The second-order valence-electron chi connectivity index (χ2n) is 6.18. The van der Waals surface area contributed by atoms with Crippen molar-refractivity contribution in [2.45, 2.75) is 26.4 Å². The molecule has 0 fully saturated rings. The van der Waals surface area contributed by atoms with Gasteiger partial charge >= 0.3 is 0 Å². The normalized spacial score (nSPS) is 11.5. The Hall–Kier alpha value is -1.89. The summed E-state index contributed by atoms with van der Waals surface area (Å²) >= 11 is 5.83. The van der Waals surface area contributed by atoms with E-state index in [0.29, 0.717) is 11.6 Å². The van der Waals surface area contributed by atoms with Crippen LogP contribution in [0, 0.1) is 6.92 Å². The number of carbonyl (C=O) groups excluding carboxylic acids is 1. The van der Waals surface area contributed by atoms with Gasteiger partial charge < -0.3 is 5.32 Å². The number of benzene rings is 2. The predicted octanol–water partition coefficient (Wildman–Crippen LogP) is 3.12. The standard InChI is InChI=1S/C19H23ClN2O3S/c1-15-5-3-4-6-17(15)14-22(26(2,24)25)12-11-19(23)21-13-16-7-9-18(20)10-8-16/h3-10H,11-14H2,1-2H3,(H,21,23). The third-order valence-electron chi connectivity index (χ3n) is 4.07. The van der Waals surface area contributed by atoms with E-state index in [1.807, 2.05) is 43.3 Å². The van der Waals surface area contributed by atoms with Gasteiger partial charge in [0.2, 0.25) is 15.9 Å². The fraction of sp³-hybridized carbons (Fsp3) is 0.316. The molecule has 0 heterocycles. The van der Waals surface area contributed by atoms with Crippen LogP contribution in [-0.2, 0) is 27.9 Å². The Morgan fingerprint density at radius 1 is 1.12 bits per heavy atom. The number of hydrogen-bond acceptors (Lipinski definition) is 3. The highest BCUT2D eigenvalue weighted by atomic mass is 35.5. The van der Waals surface area contributed by atoms with E-state index >= 15 is 0 Å². The van der Waals surface area contributed by atoms with Gasteiger partial charge in [0.15, 0.2) is 0 Å². The molecular weight excluding hydrogens is 372 g/mol. The molecule has 140 valence electrons. The van der Waals surface area contributed by atoms with Crippen molar-refractivity contribution in [2.75, 3.05) is 12.8 Å². The van der Waals surface area contributed by atoms with Crippen LogP contribution in [0.4, 0.5) is 0 Å². The number of hydrogen-bond donors (Lipinski definition) is 1. The number of carbonyl (C=O) groups is 1. The molecule has 0 atom stereocenters. The topological polar surface area (TPSA) is 66.5 Å². The number of nitrogens with one attached hydrogen (secondary N) is 1. The summed E-state index contributed by atoms with van der Waals surface area (Å²) in [5, 5.41) is 3.44. The van der Waals surface area contributed by atoms with Gasteiger partial charge in [-0.1, -0.05) is 48.0 Å². The molecular formula is C19H23ClN2O3S. The molecule has 1 amide bonds. The molecule has 2 aromatic rings. The molecule has 0 saturated heterocycles. The lowest BCUT2D eigenvalue weighted by Crippen LogP contribution is -2.34. The maximum absolute atomic E-state index is 12.1. The number of halogens is 1. The monoisotopic (exact) mass is 394 g/mol. The summed E-state index contributed by atoms with van der Waals surface area (Å²) in [6, 6.07) is 14.8. The van der Waals surface area contributed by atoms with Gasteiger partial charge in [0.25, 0.3) is 0 Å². The van der Waals surface area contributed by atoms with E-state index in [0.717, 1.165) is 22.9 Å². The fourth-order valence-corrected chi connectivity index (χ4v) is 3.38. The van der Waals surface area contributed by atoms with Crippen LogP contribution in [0.3, 0.4) is 0 Å². The van der Waals surface area contributed by atoms with Crippen molar-refractivity contribution in [1.82, 2.24) is 9.62 Å². The van der Waals surface area contributed by atoms with E-state index in [-0.39, 0.29) is 25.4 Å². The number of nitrogens with zero attached hydrogens (tertiary/aromatic N) is 1. The minimum absolute atomic E-state index is 0.104. The molecule has 2 aromatic carbocycles. The Kier molecular flexibility index (Phi) is 7.20. The van der Waals surface area contributed by atoms with Crippen molar-refractivity contribution in [3.63, 3.8) is 0 Å². The average molecular weight is 395 g/mol. The zero-order valence-electron chi connectivity index (χ0n) is 14.9. The minimum Gasteiger partial charge on any atom is -0.352 e. The first-order valence-electron chi connectivity index (χ1n) is 8.26. The SMILES string of the molecule is Cc1ccccc1CN(CCC(=O)NCc1ccc(Cl)cc1)S(C)(=O)=O. The van der Waals surface area contributed by atoms with Crippen LogP contribution in [0.15, 0.2) is 48.5 Å². The molecule has 0 bridgehead atoms. The van der Waals surface area contributed by atoms with Crippen molar-refractivity contribution in [2.24, 2.45) is 0 Å². The Labute approximate surface area is 160 Å². The van der Waals surface area contributed by atoms with E-state index in [9.17, 15) is 13.2 Å². The van der Waals surface area contributed by atoms with Crippen LogP contribution >= 0.6 is 11.6 Å². The van der Waals surface area contributed by atoms with Crippen LogP contribution in [-0.4, -0.2) is 31.4 Å². The van der Waals surface area contributed by atoms with Crippen LogP contribution < -0.4 is 5.32 Å². The first-order valence-corrected chi connectivity index (χ1v) is 10.5. The first kappa shape index (κ1) is 20.4. The third kappa shape index (κ3) is 6.44. The molecule has 7 heteroatoms. The fourth-order valence-electron chi connectivity index (χ4n) is 2.46. The summed E-state index contributed by atoms with van der Waals surface area (Å²) in [4.78, 5) is 12.1. The lowest BCUT2D eigenvalue weighted by atomic mass is 10.1. The van der Waals surface area contributed by atoms with E-state index in [4.69, 9.17) is 11.6 Å². The summed E-state index contributed by atoms with van der Waals surface area (Å²) in [6.07, 6.45) is 1.27. The molecule has 0 radical (unpaired) electrons. The lowest BCUT2D eigenvalue weighted by Gasteiger charge is -2.20. The molecule has 0 spiro atoms. The van der Waals surface area contributed by atoms with Gasteiger partial charge in [-0.05, 0) is 35.7 Å². The lowest BCUT2D eigenvalue weighted by molar-refractivity contribution is -0.121. The molecule has 0 aliphatic carbocycles. The van der Waals surface area contributed by atoms with Crippen LogP contribution in [0.5, 0.6) is 0 Å². The van der Waals surface area contributed by atoms with Gasteiger partial charge in [-0.2, -0.15) is 4.31 Å². The number of amides is 1. The predicted molar refractivity (Wildman–Crippen MR) is 104 cm³/mol. The van der Waals surface area contributed by atoms with Gasteiger partial charge in [-0.3, -0.25) is 4.79 Å². The van der Waals surface area contributed by atoms with Crippen LogP contribution in [0.1, 0.15) is 23.1 Å². The van der Waals surface area contributed by atoms with Crippen molar-refractivity contribution in [3.8, 4) is 0 Å². The summed E-state index contributed by atoms with van der Waals surface area (Å²) in [7, 11) is -3.41. The second kappa shape index (κ2) is 9.16. The van der Waals surface area contributed by atoms with E-state index in [1.54, 1.807) is 12.1 Å². The van der Waals surface area contributed by atoms with E-state index in [2.05, 4.69) is 5.32 Å². The molecule has 2 rings (SSSR count). The van der Waals surface area contributed by atoms with Gasteiger partial charge in [0, 0.05) is 31.1 Å². The summed E-state index contributed by atoms with van der Waals surface area (Å²) in [5.74, 6) is -0.196. The van der Waals surface area contributed by atoms with Crippen LogP contribution in [0.2, 0.25) is 5.02 Å². The molecule has 0 aromatic heterocycles. The van der Waals surface area contributed by atoms with Crippen molar-refractivity contribution in [3.05, 3.63) is 70.2 Å². The van der Waals surface area contributed by atoms with Gasteiger partial charge in [0.05, 0.1) is 6.26 Å². The van der Waals surface area contributed by atoms with E-state index < -0.39 is 10.0 Å². The Bertz CT molecular complexity index is 851. The van der Waals surface area contributed by atoms with Crippen molar-refractivity contribution < 1.29 is 13.2 Å². The summed E-state index contributed by atoms with van der Waals surface area (Å²) in [5.41, 5.74) is 2.88. The highest BCUT2D eigenvalue weighted by Gasteiger charge is 2.19. The number of aryl methyl sites for hydroxylation is 1. The van der Waals surface area contributed by atoms with Crippen molar-refractivity contribution >= 4 is 27.5 Å².